The summed E-state index contributed by atoms with van der Waals surface area (Å²) in [6.07, 6.45) is 0. The third kappa shape index (κ3) is 2.99. The second-order valence-electron chi connectivity index (χ2n) is 3.98. The lowest BCUT2D eigenvalue weighted by atomic mass is 10.2. The fourth-order valence-corrected chi connectivity index (χ4v) is 4.12. The minimum Gasteiger partial charge on any atom is -0.230 e. The van der Waals surface area contributed by atoms with E-state index in [0.717, 1.165) is 21.2 Å². The van der Waals surface area contributed by atoms with Crippen molar-refractivity contribution in [2.75, 3.05) is 0 Å². The van der Waals surface area contributed by atoms with Crippen LogP contribution in [-0.2, 0) is 5.75 Å². The maximum atomic E-state index is 13.1. The molecular weight excluding hydrogens is 345 g/mol. The lowest BCUT2D eigenvalue weighted by Crippen LogP contribution is -1.83. The van der Waals surface area contributed by atoms with Crippen molar-refractivity contribution < 1.29 is 4.39 Å². The molecule has 2 aromatic carbocycles. The molecule has 1 heterocycles. The molecule has 5 heteroatoms. The quantitative estimate of drug-likeness (QED) is 0.577. The zero-order valence-corrected chi connectivity index (χ0v) is 13.0. The van der Waals surface area contributed by atoms with Gasteiger partial charge in [0.2, 0.25) is 0 Å². The number of hydrogen-bond donors (Lipinski definition) is 0. The monoisotopic (exact) mass is 353 g/mol. The van der Waals surface area contributed by atoms with Gasteiger partial charge in [-0.1, -0.05) is 30.0 Å². The topological polar surface area (TPSA) is 12.9 Å². The summed E-state index contributed by atoms with van der Waals surface area (Å²) < 4.78 is 15.9. The van der Waals surface area contributed by atoms with E-state index in [1.807, 2.05) is 24.3 Å². The predicted molar refractivity (Wildman–Crippen MR) is 83.3 cm³/mol. The molecule has 0 fully saturated rings. The van der Waals surface area contributed by atoms with Crippen LogP contribution in [0.5, 0.6) is 0 Å². The second kappa shape index (κ2) is 5.61. The maximum absolute atomic E-state index is 13.1. The van der Waals surface area contributed by atoms with E-state index in [0.29, 0.717) is 4.47 Å². The molecule has 0 aliphatic rings. The Balaban J connectivity index is 1.76. The number of thiazole rings is 1. The van der Waals surface area contributed by atoms with Crippen molar-refractivity contribution in [3.05, 3.63) is 58.3 Å². The van der Waals surface area contributed by atoms with E-state index in [1.54, 1.807) is 29.2 Å². The number of nitrogens with zero attached hydrogens (tertiary/aromatic N) is 1. The summed E-state index contributed by atoms with van der Waals surface area (Å²) in [5, 5.41) is 0. The van der Waals surface area contributed by atoms with E-state index >= 15 is 0 Å². The van der Waals surface area contributed by atoms with Gasteiger partial charge in [-0.15, -0.1) is 11.3 Å². The third-order valence-electron chi connectivity index (χ3n) is 2.62. The van der Waals surface area contributed by atoms with Crippen molar-refractivity contribution in [2.45, 2.75) is 10.1 Å². The molecule has 0 saturated heterocycles. The Morgan fingerprint density at radius 1 is 1.21 bits per heavy atom. The molecule has 1 aromatic heterocycles. The standard InChI is InChI=1S/C14H9BrFNS2/c15-10-7-9(5-6-11(10)16)8-18-14-17-12-3-1-2-4-13(12)19-14/h1-7H,8H2. The highest BCUT2D eigenvalue weighted by atomic mass is 79.9. The molecule has 96 valence electrons. The van der Waals surface area contributed by atoms with Gasteiger partial charge in [0.15, 0.2) is 4.34 Å². The number of hydrogen-bond acceptors (Lipinski definition) is 3. The highest BCUT2D eigenvalue weighted by Crippen LogP contribution is 2.31. The molecule has 0 N–H and O–H groups in total. The number of thioether (sulfide) groups is 1. The first-order valence-electron chi connectivity index (χ1n) is 5.65. The maximum Gasteiger partial charge on any atom is 0.151 e. The number of rotatable bonds is 3. The van der Waals surface area contributed by atoms with Gasteiger partial charge >= 0.3 is 0 Å². The summed E-state index contributed by atoms with van der Waals surface area (Å²) >= 11 is 6.57. The van der Waals surface area contributed by atoms with Gasteiger partial charge in [-0.3, -0.25) is 0 Å². The van der Waals surface area contributed by atoms with E-state index in [4.69, 9.17) is 0 Å². The summed E-state index contributed by atoms with van der Waals surface area (Å²) in [6, 6.07) is 13.2. The van der Waals surface area contributed by atoms with Gasteiger partial charge in [0.1, 0.15) is 5.82 Å². The van der Waals surface area contributed by atoms with Crippen molar-refractivity contribution in [1.29, 1.82) is 0 Å². The van der Waals surface area contributed by atoms with Crippen LogP contribution in [0.4, 0.5) is 4.39 Å². The Hall–Kier alpha value is -0.910. The van der Waals surface area contributed by atoms with Crippen molar-refractivity contribution in [1.82, 2.24) is 4.98 Å². The van der Waals surface area contributed by atoms with Gasteiger partial charge in [0.25, 0.3) is 0 Å². The number of halogens is 2. The van der Waals surface area contributed by atoms with Gasteiger partial charge in [-0.2, -0.15) is 0 Å². The molecule has 3 rings (SSSR count). The van der Waals surface area contributed by atoms with Crippen LogP contribution in [0.25, 0.3) is 10.2 Å². The first-order valence-corrected chi connectivity index (χ1v) is 8.24. The highest BCUT2D eigenvalue weighted by Gasteiger charge is 2.05. The number of fused-ring (bicyclic) bond motifs is 1. The van der Waals surface area contributed by atoms with Gasteiger partial charge in [-0.25, -0.2) is 9.37 Å². The van der Waals surface area contributed by atoms with E-state index in [9.17, 15) is 4.39 Å². The van der Waals surface area contributed by atoms with Crippen LogP contribution in [0.2, 0.25) is 0 Å². The lowest BCUT2D eigenvalue weighted by Gasteiger charge is -2.00. The fourth-order valence-electron chi connectivity index (χ4n) is 1.69. The van der Waals surface area contributed by atoms with Crippen molar-refractivity contribution in [3.8, 4) is 0 Å². The van der Waals surface area contributed by atoms with E-state index < -0.39 is 0 Å². The van der Waals surface area contributed by atoms with Gasteiger partial charge < -0.3 is 0 Å². The Bertz CT molecular complexity index is 693. The second-order valence-corrected chi connectivity index (χ2v) is 7.09. The molecular formula is C14H9BrFNS2. The molecule has 0 aliphatic heterocycles. The largest absolute Gasteiger partial charge is 0.230 e. The normalized spacial score (nSPS) is 11.1. The molecule has 0 unspecified atom stereocenters. The van der Waals surface area contributed by atoms with Crippen LogP contribution in [-0.4, -0.2) is 4.98 Å². The Morgan fingerprint density at radius 3 is 2.84 bits per heavy atom. The van der Waals surface area contributed by atoms with Crippen molar-refractivity contribution in [2.24, 2.45) is 0 Å². The molecule has 0 aliphatic carbocycles. The minimum absolute atomic E-state index is 0.228. The van der Waals surface area contributed by atoms with Crippen LogP contribution in [0.3, 0.4) is 0 Å². The lowest BCUT2D eigenvalue weighted by molar-refractivity contribution is 0.620. The van der Waals surface area contributed by atoms with Crippen LogP contribution < -0.4 is 0 Å². The van der Waals surface area contributed by atoms with Crippen LogP contribution in [0, 0.1) is 5.82 Å². The van der Waals surface area contributed by atoms with Gasteiger partial charge in [0, 0.05) is 5.75 Å². The van der Waals surface area contributed by atoms with Crippen LogP contribution in [0.15, 0.2) is 51.3 Å². The molecule has 0 saturated carbocycles. The number of aromatic nitrogens is 1. The van der Waals surface area contributed by atoms with E-state index in [-0.39, 0.29) is 5.82 Å². The highest BCUT2D eigenvalue weighted by molar-refractivity contribution is 9.10. The molecule has 1 nitrogen and oxygen atoms in total. The Labute approximate surface area is 127 Å². The molecule has 0 radical (unpaired) electrons. The average molecular weight is 354 g/mol. The Morgan fingerprint density at radius 2 is 2.05 bits per heavy atom. The van der Waals surface area contributed by atoms with E-state index in [2.05, 4.69) is 27.0 Å². The molecule has 0 spiro atoms. The zero-order valence-electron chi connectivity index (χ0n) is 9.77. The summed E-state index contributed by atoms with van der Waals surface area (Å²) in [7, 11) is 0. The molecule has 0 atom stereocenters. The smallest absolute Gasteiger partial charge is 0.151 e. The SMILES string of the molecule is Fc1ccc(CSc2nc3ccccc3s2)cc1Br. The number of benzene rings is 2. The summed E-state index contributed by atoms with van der Waals surface area (Å²) in [4.78, 5) is 4.56. The van der Waals surface area contributed by atoms with Crippen molar-refractivity contribution in [3.63, 3.8) is 0 Å². The summed E-state index contributed by atoms with van der Waals surface area (Å²) in [5.74, 6) is 0.562. The number of para-hydroxylation sites is 1. The molecule has 0 bridgehead atoms. The predicted octanol–water partition coefficient (Wildman–Crippen LogP) is 5.49. The van der Waals surface area contributed by atoms with Gasteiger partial charge in [0.05, 0.1) is 14.7 Å². The summed E-state index contributed by atoms with van der Waals surface area (Å²) in [5.41, 5.74) is 2.12. The molecule has 19 heavy (non-hydrogen) atoms. The molecule has 0 amide bonds. The first kappa shape index (κ1) is 13.1. The van der Waals surface area contributed by atoms with E-state index in [1.165, 1.54) is 10.8 Å². The summed E-state index contributed by atoms with van der Waals surface area (Å²) in [6.45, 7) is 0. The van der Waals surface area contributed by atoms with Crippen LogP contribution in [0.1, 0.15) is 5.56 Å². The fraction of sp³-hybridized carbons (Fsp3) is 0.0714. The van der Waals surface area contributed by atoms with Crippen molar-refractivity contribution >= 4 is 49.2 Å². The Kier molecular flexibility index (Phi) is 3.86. The van der Waals surface area contributed by atoms with Gasteiger partial charge in [-0.05, 0) is 45.8 Å². The zero-order chi connectivity index (χ0) is 13.2. The molecule has 3 aromatic rings. The van der Waals surface area contributed by atoms with Crippen LogP contribution >= 0.6 is 39.0 Å². The minimum atomic E-state index is -0.228. The average Bonchev–Trinajstić information content (AvgIpc) is 2.83. The first-order chi connectivity index (χ1) is 9.22. The third-order valence-corrected chi connectivity index (χ3v) is 5.48.